The van der Waals surface area contributed by atoms with Gasteiger partial charge in [0.05, 0.1) is 0 Å². The molecule has 0 bridgehead atoms. The second kappa shape index (κ2) is 8.31. The van der Waals surface area contributed by atoms with Gasteiger partial charge in [0.1, 0.15) is 6.04 Å². The fourth-order valence-electron chi connectivity index (χ4n) is 3.46. The van der Waals surface area contributed by atoms with E-state index in [2.05, 4.69) is 11.9 Å². The van der Waals surface area contributed by atoms with Crippen molar-refractivity contribution < 1.29 is 32.6 Å². The molecule has 1 aliphatic carbocycles. The highest BCUT2D eigenvalue weighted by atomic mass is 19.4. The first-order valence-electron chi connectivity index (χ1n) is 8.75. The molecule has 0 heterocycles. The van der Waals surface area contributed by atoms with E-state index in [9.17, 15) is 27.9 Å². The second-order valence-electron chi connectivity index (χ2n) is 7.87. The second-order valence-corrected chi connectivity index (χ2v) is 7.87. The fraction of sp³-hybridized carbons (Fsp3) is 0.778. The van der Waals surface area contributed by atoms with Gasteiger partial charge in [-0.15, -0.1) is 6.58 Å². The number of ether oxygens (including phenoxy) is 1. The number of carboxylic acids is 1. The topological polar surface area (TPSA) is 75.6 Å². The molecular formula is C18H28F3NO4. The molecule has 3 atom stereocenters. The summed E-state index contributed by atoms with van der Waals surface area (Å²) in [6.45, 7) is 8.26. The minimum absolute atomic E-state index is 0.264. The number of allylic oxidation sites excluding steroid dienone is 1. The molecule has 0 aromatic heterocycles. The number of alkyl halides is 3. The van der Waals surface area contributed by atoms with Crippen LogP contribution < -0.4 is 5.32 Å². The number of unbranched alkanes of at least 4 members (excludes halogenated alkanes) is 1. The molecule has 150 valence electrons. The van der Waals surface area contributed by atoms with E-state index in [0.717, 1.165) is 0 Å². The lowest BCUT2D eigenvalue weighted by Crippen LogP contribution is -2.56. The summed E-state index contributed by atoms with van der Waals surface area (Å²) in [5.41, 5.74) is -3.45. The predicted octanol–water partition coefficient (Wildman–Crippen LogP) is 4.67. The highest BCUT2D eigenvalue weighted by Gasteiger charge is 2.64. The molecule has 1 saturated carbocycles. The maximum atomic E-state index is 13.8. The Morgan fingerprint density at radius 2 is 2.00 bits per heavy atom. The molecule has 0 aromatic rings. The number of carboxylic acid groups (broad SMARTS) is 1. The normalized spacial score (nSPS) is 24.8. The lowest BCUT2D eigenvalue weighted by atomic mass is 9.85. The standard InChI is InChI=1S/C18H28F3NO4/c1-5-6-7-9-12-10-8-11-17(12,18(19,20)21)26-15(25)22-13(14(23)24)16(2,3)4/h5,12-13H,1,6-11H2,2-4H3,(H,22,25)(H,23,24)/t12-,13-,17?/m1/s1. The molecule has 0 spiro atoms. The molecule has 1 fully saturated rings. The van der Waals surface area contributed by atoms with Crippen LogP contribution in [0.1, 0.15) is 59.3 Å². The minimum Gasteiger partial charge on any atom is -0.480 e. The Kier molecular flexibility index (Phi) is 7.13. The van der Waals surface area contributed by atoms with E-state index in [1.807, 2.05) is 0 Å². The number of amides is 1. The molecule has 8 heteroatoms. The number of hydrogen-bond acceptors (Lipinski definition) is 3. The van der Waals surface area contributed by atoms with Crippen LogP contribution in [0.5, 0.6) is 0 Å². The summed E-state index contributed by atoms with van der Waals surface area (Å²) in [5, 5.41) is 11.3. The molecule has 0 aliphatic heterocycles. The van der Waals surface area contributed by atoms with Crippen molar-refractivity contribution in [2.75, 3.05) is 0 Å². The van der Waals surface area contributed by atoms with Crippen molar-refractivity contribution in [3.8, 4) is 0 Å². The van der Waals surface area contributed by atoms with Crippen molar-refractivity contribution in [2.24, 2.45) is 11.3 Å². The average Bonchev–Trinajstić information content (AvgIpc) is 2.87. The van der Waals surface area contributed by atoms with Crippen LogP contribution in [-0.4, -0.2) is 35.0 Å². The molecule has 5 nitrogen and oxygen atoms in total. The molecule has 1 rings (SSSR count). The van der Waals surface area contributed by atoms with Gasteiger partial charge in [0.25, 0.3) is 0 Å². The molecule has 26 heavy (non-hydrogen) atoms. The zero-order valence-electron chi connectivity index (χ0n) is 15.5. The molecule has 0 radical (unpaired) electrons. The molecular weight excluding hydrogens is 351 g/mol. The largest absolute Gasteiger partial charge is 0.480 e. The Hall–Kier alpha value is -1.73. The maximum absolute atomic E-state index is 13.8. The van der Waals surface area contributed by atoms with E-state index in [1.54, 1.807) is 26.8 Å². The summed E-state index contributed by atoms with van der Waals surface area (Å²) in [5.74, 6) is -2.17. The Morgan fingerprint density at radius 3 is 2.46 bits per heavy atom. The smallest absolute Gasteiger partial charge is 0.428 e. The summed E-state index contributed by atoms with van der Waals surface area (Å²) in [7, 11) is 0. The molecule has 0 saturated heterocycles. The van der Waals surface area contributed by atoms with Crippen molar-refractivity contribution in [3.63, 3.8) is 0 Å². The van der Waals surface area contributed by atoms with Gasteiger partial charge < -0.3 is 15.2 Å². The van der Waals surface area contributed by atoms with E-state index in [4.69, 9.17) is 4.74 Å². The van der Waals surface area contributed by atoms with E-state index in [0.29, 0.717) is 25.7 Å². The van der Waals surface area contributed by atoms with Crippen LogP contribution in [-0.2, 0) is 9.53 Å². The summed E-state index contributed by atoms with van der Waals surface area (Å²) in [6.07, 6.45) is -2.76. The Balaban J connectivity index is 2.98. The fourth-order valence-corrected chi connectivity index (χ4v) is 3.46. The number of hydrogen-bond donors (Lipinski definition) is 2. The van der Waals surface area contributed by atoms with Gasteiger partial charge >= 0.3 is 18.2 Å². The Labute approximate surface area is 152 Å². The number of aliphatic carboxylic acids is 1. The Morgan fingerprint density at radius 1 is 1.38 bits per heavy atom. The van der Waals surface area contributed by atoms with Gasteiger partial charge in [-0.2, -0.15) is 13.2 Å². The van der Waals surface area contributed by atoms with Gasteiger partial charge in [-0.1, -0.05) is 26.8 Å². The van der Waals surface area contributed by atoms with E-state index < -0.39 is 41.2 Å². The number of nitrogens with one attached hydrogen (secondary N) is 1. The summed E-state index contributed by atoms with van der Waals surface area (Å²) in [6, 6.07) is -1.36. The van der Waals surface area contributed by atoms with Gasteiger partial charge in [-0.05, 0) is 43.9 Å². The van der Waals surface area contributed by atoms with E-state index in [-0.39, 0.29) is 12.8 Å². The van der Waals surface area contributed by atoms with Crippen LogP contribution in [0, 0.1) is 11.3 Å². The third-order valence-electron chi connectivity index (χ3n) is 4.85. The number of alkyl carbamates (subject to hydrolysis) is 1. The summed E-state index contributed by atoms with van der Waals surface area (Å²) >= 11 is 0. The number of halogens is 3. The molecule has 1 amide bonds. The van der Waals surface area contributed by atoms with Crippen LogP contribution in [0.4, 0.5) is 18.0 Å². The van der Waals surface area contributed by atoms with Crippen molar-refractivity contribution in [1.82, 2.24) is 5.32 Å². The highest BCUT2D eigenvalue weighted by molar-refractivity contribution is 5.80. The molecule has 1 unspecified atom stereocenters. The SMILES string of the molecule is C=CCCC[C@@H]1CCCC1(OC(=O)N[C@H](C(=O)O)C(C)(C)C)C(F)(F)F. The van der Waals surface area contributed by atoms with Gasteiger partial charge in [0.2, 0.25) is 5.60 Å². The van der Waals surface area contributed by atoms with Crippen molar-refractivity contribution in [1.29, 1.82) is 0 Å². The zero-order valence-corrected chi connectivity index (χ0v) is 15.5. The summed E-state index contributed by atoms with van der Waals surface area (Å²) < 4.78 is 46.4. The van der Waals surface area contributed by atoms with Crippen LogP contribution in [0.2, 0.25) is 0 Å². The number of carbonyl (C=O) groups excluding carboxylic acids is 1. The highest BCUT2D eigenvalue weighted by Crippen LogP contribution is 2.51. The average molecular weight is 379 g/mol. The molecule has 0 aromatic carbocycles. The number of carbonyl (C=O) groups is 2. The quantitative estimate of drug-likeness (QED) is 0.498. The van der Waals surface area contributed by atoms with Gasteiger partial charge in [-0.3, -0.25) is 0 Å². The van der Waals surface area contributed by atoms with E-state index in [1.165, 1.54) is 0 Å². The first-order chi connectivity index (χ1) is 11.8. The summed E-state index contributed by atoms with van der Waals surface area (Å²) in [4.78, 5) is 23.5. The van der Waals surface area contributed by atoms with Gasteiger partial charge in [0.15, 0.2) is 0 Å². The predicted molar refractivity (Wildman–Crippen MR) is 90.7 cm³/mol. The van der Waals surface area contributed by atoms with Crippen molar-refractivity contribution >= 4 is 12.1 Å². The first kappa shape index (κ1) is 22.3. The van der Waals surface area contributed by atoms with Crippen LogP contribution >= 0.6 is 0 Å². The van der Waals surface area contributed by atoms with Crippen LogP contribution in [0.25, 0.3) is 0 Å². The molecule has 2 N–H and O–H groups in total. The lowest BCUT2D eigenvalue weighted by molar-refractivity contribution is -0.271. The molecule has 1 aliphatic rings. The number of rotatable bonds is 7. The monoisotopic (exact) mass is 379 g/mol. The minimum atomic E-state index is -4.72. The Bertz CT molecular complexity index is 528. The van der Waals surface area contributed by atoms with Crippen molar-refractivity contribution in [3.05, 3.63) is 12.7 Å². The van der Waals surface area contributed by atoms with Crippen LogP contribution in [0.3, 0.4) is 0 Å². The van der Waals surface area contributed by atoms with Crippen LogP contribution in [0.15, 0.2) is 12.7 Å². The third-order valence-corrected chi connectivity index (χ3v) is 4.85. The first-order valence-corrected chi connectivity index (χ1v) is 8.75. The lowest BCUT2D eigenvalue weighted by Gasteiger charge is -2.37. The maximum Gasteiger partial charge on any atom is 0.428 e. The van der Waals surface area contributed by atoms with Crippen molar-refractivity contribution in [2.45, 2.75) is 77.1 Å². The van der Waals surface area contributed by atoms with Gasteiger partial charge in [0, 0.05) is 5.92 Å². The zero-order chi connectivity index (χ0) is 20.2. The van der Waals surface area contributed by atoms with Gasteiger partial charge in [-0.25, -0.2) is 9.59 Å². The van der Waals surface area contributed by atoms with E-state index >= 15 is 0 Å². The third kappa shape index (κ3) is 5.14.